The van der Waals surface area contributed by atoms with Crippen molar-refractivity contribution in [1.82, 2.24) is 5.32 Å². The molecule has 0 radical (unpaired) electrons. The number of hydrogen-bond donors (Lipinski definition) is 6. The van der Waals surface area contributed by atoms with Crippen LogP contribution >= 0.6 is 0 Å². The molecular formula is C74H127NO8. The molecule has 9 nitrogen and oxygen atoms in total. The second-order valence-electron chi connectivity index (χ2n) is 23.2. The van der Waals surface area contributed by atoms with E-state index in [1.165, 1.54) is 173 Å². The third kappa shape index (κ3) is 50.5. The highest BCUT2D eigenvalue weighted by Crippen LogP contribution is 2.23. The number of aliphatic hydroxyl groups excluding tert-OH is 5. The number of unbranched alkanes of at least 4 members (excludes halogenated alkanes) is 30. The van der Waals surface area contributed by atoms with Gasteiger partial charge in [0.15, 0.2) is 6.29 Å². The van der Waals surface area contributed by atoms with E-state index in [0.717, 1.165) is 89.9 Å². The quantitative estimate of drug-likeness (QED) is 0.0261. The summed E-state index contributed by atoms with van der Waals surface area (Å²) in [5.41, 5.74) is 0. The van der Waals surface area contributed by atoms with Gasteiger partial charge in [-0.1, -0.05) is 296 Å². The molecule has 1 fully saturated rings. The molecule has 1 amide bonds. The van der Waals surface area contributed by atoms with Gasteiger partial charge in [-0.25, -0.2) is 0 Å². The minimum absolute atomic E-state index is 0.192. The second-order valence-corrected chi connectivity index (χ2v) is 23.2. The lowest BCUT2D eigenvalue weighted by Gasteiger charge is -2.40. The Morgan fingerprint density at radius 1 is 0.422 bits per heavy atom. The SMILES string of the molecule is CC/C=C\C/C=C\C/C=C\C/C=C\C/C=C\C/C=C\C/C=C\CCCCCCCCCCCCCCCCCCCC(=O)NC(COC1OC(CO)C(O)C(O)C1O)C(O)/C=C/CC/C=C/CC/C=C/CCCCCCCCCCCCC. The third-order valence-corrected chi connectivity index (χ3v) is 15.5. The molecule has 0 spiro atoms. The lowest BCUT2D eigenvalue weighted by molar-refractivity contribution is -0.302. The van der Waals surface area contributed by atoms with Crippen LogP contribution in [-0.2, 0) is 14.3 Å². The minimum atomic E-state index is -1.58. The van der Waals surface area contributed by atoms with Crippen molar-refractivity contribution >= 4 is 5.91 Å². The summed E-state index contributed by atoms with van der Waals surface area (Å²) in [6.45, 7) is 3.66. The number of rotatable bonds is 58. The molecule has 1 aliphatic rings. The fraction of sp³-hybridized carbons (Fsp3) is 0.716. The molecule has 7 atom stereocenters. The average molecular weight is 1160 g/mol. The van der Waals surface area contributed by atoms with Gasteiger partial charge < -0.3 is 40.3 Å². The highest BCUT2D eigenvalue weighted by atomic mass is 16.7. The summed E-state index contributed by atoms with van der Waals surface area (Å²) in [7, 11) is 0. The van der Waals surface area contributed by atoms with E-state index >= 15 is 0 Å². The van der Waals surface area contributed by atoms with E-state index in [9.17, 15) is 30.3 Å². The largest absolute Gasteiger partial charge is 0.394 e. The van der Waals surface area contributed by atoms with Crippen LogP contribution in [0.5, 0.6) is 0 Å². The van der Waals surface area contributed by atoms with Crippen LogP contribution in [0.2, 0.25) is 0 Å². The Labute approximate surface area is 509 Å². The molecule has 9 heteroatoms. The normalized spacial score (nSPS) is 19.0. The van der Waals surface area contributed by atoms with Crippen molar-refractivity contribution in [1.29, 1.82) is 0 Å². The van der Waals surface area contributed by atoms with Crippen molar-refractivity contribution in [3.05, 3.63) is 122 Å². The van der Waals surface area contributed by atoms with Gasteiger partial charge in [-0.2, -0.15) is 0 Å². The van der Waals surface area contributed by atoms with E-state index in [1.54, 1.807) is 6.08 Å². The van der Waals surface area contributed by atoms with Gasteiger partial charge in [0.25, 0.3) is 0 Å². The van der Waals surface area contributed by atoms with Gasteiger partial charge >= 0.3 is 0 Å². The number of hydrogen-bond acceptors (Lipinski definition) is 8. The van der Waals surface area contributed by atoms with Crippen LogP contribution in [0, 0.1) is 0 Å². The van der Waals surface area contributed by atoms with Crippen LogP contribution in [0.4, 0.5) is 0 Å². The standard InChI is InChI=1S/C74H127NO8/c1-3-5-7-9-11-13-15-17-19-21-23-25-26-27-28-29-30-31-32-33-34-35-36-37-38-39-40-41-42-44-46-48-50-52-54-56-58-60-62-64-70(78)75-67(66-82-74-73(81)72(80)71(79)69(65-76)83-74)68(77)63-61-59-57-55-53-51-49-47-45-43-24-22-20-18-16-14-12-10-8-6-4-2/h5,7,11,13,17,19,23,25,27-28,30-31,33-34,45,47,53,55,61,63,67-69,71-74,76-77,79-81H,3-4,6,8-10,12,14-16,18,20-22,24,26,29,32,35-44,46,48-52,54,56-60,62,64-66H2,1-2H3,(H,75,78)/b7-5-,13-11-,19-17-,25-23-,28-27-,31-30-,34-33-,47-45+,55-53+,63-61+. The molecule has 0 aromatic rings. The monoisotopic (exact) mass is 1160 g/mol. The van der Waals surface area contributed by atoms with Gasteiger partial charge in [-0.15, -0.1) is 0 Å². The van der Waals surface area contributed by atoms with Crippen LogP contribution < -0.4 is 5.32 Å². The maximum Gasteiger partial charge on any atom is 0.220 e. The van der Waals surface area contributed by atoms with Crippen molar-refractivity contribution in [2.45, 2.75) is 326 Å². The first kappa shape index (κ1) is 77.6. The summed E-state index contributed by atoms with van der Waals surface area (Å²) in [4.78, 5) is 13.1. The Balaban J connectivity index is 2.13. The van der Waals surface area contributed by atoms with Crippen molar-refractivity contribution in [2.24, 2.45) is 0 Å². The number of ether oxygens (including phenoxy) is 2. The number of carbonyl (C=O) groups excluding carboxylic acids is 1. The zero-order valence-electron chi connectivity index (χ0n) is 53.2. The molecule has 1 rings (SSSR count). The summed E-state index contributed by atoms with van der Waals surface area (Å²) in [5, 5.41) is 54.7. The summed E-state index contributed by atoms with van der Waals surface area (Å²) < 4.78 is 11.3. The van der Waals surface area contributed by atoms with E-state index in [4.69, 9.17) is 9.47 Å². The summed E-state index contributed by atoms with van der Waals surface area (Å²) in [5.74, 6) is -0.192. The molecule has 1 heterocycles. The number of amides is 1. The number of nitrogens with one attached hydrogen (secondary N) is 1. The first-order valence-electron chi connectivity index (χ1n) is 34.3. The number of carbonyl (C=O) groups is 1. The highest BCUT2D eigenvalue weighted by Gasteiger charge is 2.44. The Bertz CT molecular complexity index is 1720. The van der Waals surface area contributed by atoms with Crippen molar-refractivity contribution in [3.63, 3.8) is 0 Å². The van der Waals surface area contributed by atoms with Crippen LogP contribution in [0.3, 0.4) is 0 Å². The molecular weight excluding hydrogens is 1030 g/mol. The lowest BCUT2D eigenvalue weighted by atomic mass is 9.99. The molecule has 1 aliphatic heterocycles. The number of allylic oxidation sites excluding steroid dienone is 19. The number of aliphatic hydroxyl groups is 5. The predicted octanol–water partition coefficient (Wildman–Crippen LogP) is 18.6. The summed E-state index contributed by atoms with van der Waals surface area (Å²) in [6, 6.07) is -0.835. The molecule has 7 unspecified atom stereocenters. The zero-order valence-corrected chi connectivity index (χ0v) is 53.2. The van der Waals surface area contributed by atoms with Gasteiger partial charge in [-0.3, -0.25) is 4.79 Å². The first-order chi connectivity index (χ1) is 40.8. The van der Waals surface area contributed by atoms with Crippen LogP contribution in [0.1, 0.15) is 284 Å². The highest BCUT2D eigenvalue weighted by molar-refractivity contribution is 5.76. The molecule has 0 bridgehead atoms. The van der Waals surface area contributed by atoms with Crippen LogP contribution in [0.15, 0.2) is 122 Å². The molecule has 0 aromatic carbocycles. The van der Waals surface area contributed by atoms with E-state index < -0.39 is 49.5 Å². The predicted molar refractivity (Wildman–Crippen MR) is 354 cm³/mol. The van der Waals surface area contributed by atoms with Gasteiger partial charge in [0.2, 0.25) is 5.91 Å². The minimum Gasteiger partial charge on any atom is -0.394 e. The van der Waals surface area contributed by atoms with Crippen molar-refractivity contribution in [3.8, 4) is 0 Å². The van der Waals surface area contributed by atoms with E-state index in [2.05, 4.69) is 129 Å². The zero-order chi connectivity index (χ0) is 60.0. The van der Waals surface area contributed by atoms with Crippen LogP contribution in [0.25, 0.3) is 0 Å². The van der Waals surface area contributed by atoms with Crippen LogP contribution in [-0.4, -0.2) is 87.5 Å². The van der Waals surface area contributed by atoms with Gasteiger partial charge in [0.1, 0.15) is 24.4 Å². The third-order valence-electron chi connectivity index (χ3n) is 15.5. The topological polar surface area (TPSA) is 149 Å². The first-order valence-corrected chi connectivity index (χ1v) is 34.3. The fourth-order valence-corrected chi connectivity index (χ4v) is 10.2. The maximum atomic E-state index is 13.1. The van der Waals surface area contributed by atoms with Crippen molar-refractivity contribution in [2.75, 3.05) is 13.2 Å². The molecule has 476 valence electrons. The Hall–Kier alpha value is -3.41. The van der Waals surface area contributed by atoms with E-state index in [1.807, 2.05) is 6.08 Å². The Morgan fingerprint density at radius 3 is 1.16 bits per heavy atom. The maximum absolute atomic E-state index is 13.1. The molecule has 0 aliphatic carbocycles. The van der Waals surface area contributed by atoms with E-state index in [0.29, 0.717) is 6.42 Å². The average Bonchev–Trinajstić information content (AvgIpc) is 3.60. The molecule has 6 N–H and O–H groups in total. The van der Waals surface area contributed by atoms with E-state index in [-0.39, 0.29) is 12.5 Å². The fourth-order valence-electron chi connectivity index (χ4n) is 10.2. The summed E-state index contributed by atoms with van der Waals surface area (Å²) in [6.07, 6.45) is 85.8. The van der Waals surface area contributed by atoms with Gasteiger partial charge in [0, 0.05) is 6.42 Å². The summed E-state index contributed by atoms with van der Waals surface area (Å²) >= 11 is 0. The lowest BCUT2D eigenvalue weighted by Crippen LogP contribution is -2.60. The van der Waals surface area contributed by atoms with Gasteiger partial charge in [-0.05, 0) is 103 Å². The second kappa shape index (κ2) is 61.7. The van der Waals surface area contributed by atoms with Crippen molar-refractivity contribution < 1.29 is 39.8 Å². The Morgan fingerprint density at radius 2 is 0.759 bits per heavy atom. The molecule has 0 aromatic heterocycles. The van der Waals surface area contributed by atoms with Gasteiger partial charge in [0.05, 0.1) is 25.4 Å². The molecule has 1 saturated heterocycles. The molecule has 0 saturated carbocycles. The Kier molecular flexibility index (Phi) is 57.7. The molecule has 83 heavy (non-hydrogen) atoms. The smallest absolute Gasteiger partial charge is 0.220 e.